The Balaban J connectivity index is 2.53. The second-order valence-corrected chi connectivity index (χ2v) is 4.80. The van der Waals surface area contributed by atoms with Crippen LogP contribution in [0.25, 0.3) is 0 Å². The normalized spacial score (nSPS) is 17.8. The molecule has 0 spiro atoms. The zero-order valence-corrected chi connectivity index (χ0v) is 12.8. The minimum absolute atomic E-state index is 0.241. The number of benzene rings is 1. The van der Waals surface area contributed by atoms with Gasteiger partial charge in [0.05, 0.1) is 27.0 Å². The molecule has 1 atom stereocenters. The molecule has 21 heavy (non-hydrogen) atoms. The van der Waals surface area contributed by atoms with E-state index in [-0.39, 0.29) is 5.92 Å². The van der Waals surface area contributed by atoms with E-state index in [2.05, 4.69) is 17.1 Å². The van der Waals surface area contributed by atoms with E-state index in [9.17, 15) is 0 Å². The molecule has 0 bridgehead atoms. The molecule has 1 aromatic carbocycles. The number of hydrogen-bond donors (Lipinski definition) is 1. The van der Waals surface area contributed by atoms with Gasteiger partial charge in [-0.3, -0.25) is 0 Å². The molecular weight excluding hydrogens is 270 g/mol. The third-order valence-electron chi connectivity index (χ3n) is 3.58. The fraction of sp³-hybridized carbons (Fsp3) is 0.467. The number of methoxy groups -OCH3 is 3. The fourth-order valence-electron chi connectivity index (χ4n) is 2.45. The van der Waals surface area contributed by atoms with E-state index in [0.29, 0.717) is 29.5 Å². The van der Waals surface area contributed by atoms with Crippen molar-refractivity contribution in [2.75, 3.05) is 21.3 Å². The van der Waals surface area contributed by atoms with Crippen molar-refractivity contribution in [1.29, 1.82) is 0 Å². The zero-order chi connectivity index (χ0) is 15.4. The highest BCUT2D eigenvalue weighted by atomic mass is 16.5. The Bertz CT molecular complexity index is 557. The Morgan fingerprint density at radius 3 is 2.19 bits per heavy atom. The maximum absolute atomic E-state index is 5.77. The molecule has 0 aromatic heterocycles. The van der Waals surface area contributed by atoms with E-state index < -0.39 is 0 Å². The second-order valence-electron chi connectivity index (χ2n) is 4.80. The molecule has 0 fully saturated rings. The lowest BCUT2D eigenvalue weighted by molar-refractivity contribution is 0.324. The first-order chi connectivity index (χ1) is 10.1. The van der Waals surface area contributed by atoms with Crippen molar-refractivity contribution in [2.24, 2.45) is 21.9 Å². The van der Waals surface area contributed by atoms with Gasteiger partial charge in [0.15, 0.2) is 11.5 Å². The molecule has 114 valence electrons. The van der Waals surface area contributed by atoms with Crippen LogP contribution >= 0.6 is 0 Å². The van der Waals surface area contributed by atoms with E-state index in [1.165, 1.54) is 0 Å². The van der Waals surface area contributed by atoms with E-state index in [4.69, 9.17) is 19.9 Å². The van der Waals surface area contributed by atoms with Gasteiger partial charge in [0.25, 0.3) is 0 Å². The summed E-state index contributed by atoms with van der Waals surface area (Å²) in [6.07, 6.45) is 1.65. The van der Waals surface area contributed by atoms with Crippen molar-refractivity contribution in [3.63, 3.8) is 0 Å². The van der Waals surface area contributed by atoms with Gasteiger partial charge in [-0.25, -0.2) is 0 Å². The topological polar surface area (TPSA) is 78.4 Å². The fourth-order valence-corrected chi connectivity index (χ4v) is 2.45. The highest BCUT2D eigenvalue weighted by molar-refractivity contribution is 6.06. The molecule has 0 saturated heterocycles. The van der Waals surface area contributed by atoms with Crippen molar-refractivity contribution in [1.82, 2.24) is 0 Å². The monoisotopic (exact) mass is 291 g/mol. The molecule has 1 aliphatic heterocycles. The number of nitrogens with two attached hydrogens (primary N) is 1. The van der Waals surface area contributed by atoms with E-state index >= 15 is 0 Å². The summed E-state index contributed by atoms with van der Waals surface area (Å²) in [6.45, 7) is 2.11. The van der Waals surface area contributed by atoms with Crippen LogP contribution in [-0.4, -0.2) is 32.9 Å². The molecule has 0 saturated carbocycles. The summed E-state index contributed by atoms with van der Waals surface area (Å²) in [5.74, 6) is 2.58. The first kappa shape index (κ1) is 15.2. The van der Waals surface area contributed by atoms with Gasteiger partial charge in [0.2, 0.25) is 5.75 Å². The van der Waals surface area contributed by atoms with Gasteiger partial charge in [-0.05, 0) is 18.6 Å². The van der Waals surface area contributed by atoms with Crippen LogP contribution in [0.4, 0.5) is 0 Å². The largest absolute Gasteiger partial charge is 0.493 e. The zero-order valence-electron chi connectivity index (χ0n) is 12.8. The Morgan fingerprint density at radius 2 is 1.71 bits per heavy atom. The van der Waals surface area contributed by atoms with Crippen molar-refractivity contribution in [3.8, 4) is 17.2 Å². The van der Waals surface area contributed by atoms with Crippen LogP contribution < -0.4 is 19.9 Å². The Hall–Kier alpha value is -2.24. The lowest BCUT2D eigenvalue weighted by Crippen LogP contribution is -2.26. The summed E-state index contributed by atoms with van der Waals surface area (Å²) in [5.41, 5.74) is 7.58. The standard InChI is InChI=1S/C15H21N3O3/c1-5-9-8-13(16)17-18-14(9)10-6-11(19-2)15(21-4)12(7-10)20-3/h6-7,9H,5,8H2,1-4H3,(H2,16,17). The molecule has 0 aliphatic carbocycles. The van der Waals surface area contributed by atoms with E-state index in [1.807, 2.05) is 12.1 Å². The molecule has 2 N–H and O–H groups in total. The highest BCUT2D eigenvalue weighted by Crippen LogP contribution is 2.39. The molecule has 1 aromatic rings. The van der Waals surface area contributed by atoms with Gasteiger partial charge in [0.1, 0.15) is 5.84 Å². The number of hydrogen-bond acceptors (Lipinski definition) is 6. The van der Waals surface area contributed by atoms with Crippen molar-refractivity contribution >= 4 is 11.5 Å². The minimum Gasteiger partial charge on any atom is -0.493 e. The second kappa shape index (κ2) is 6.47. The van der Waals surface area contributed by atoms with Crippen LogP contribution in [0.15, 0.2) is 22.3 Å². The average molecular weight is 291 g/mol. The van der Waals surface area contributed by atoms with Gasteiger partial charge in [0, 0.05) is 17.9 Å². The van der Waals surface area contributed by atoms with E-state index in [1.54, 1.807) is 21.3 Å². The molecule has 1 heterocycles. The lowest BCUT2D eigenvalue weighted by atomic mass is 9.90. The number of nitrogens with zero attached hydrogens (tertiary/aromatic N) is 2. The minimum atomic E-state index is 0.241. The van der Waals surface area contributed by atoms with Gasteiger partial charge < -0.3 is 19.9 Å². The number of amidine groups is 1. The summed E-state index contributed by atoms with van der Waals surface area (Å²) in [5, 5.41) is 8.28. The summed E-state index contributed by atoms with van der Waals surface area (Å²) in [7, 11) is 4.77. The first-order valence-electron chi connectivity index (χ1n) is 6.84. The predicted octanol–water partition coefficient (Wildman–Crippen LogP) is 2.20. The molecule has 1 aliphatic rings. The van der Waals surface area contributed by atoms with Gasteiger partial charge in [-0.1, -0.05) is 6.92 Å². The van der Waals surface area contributed by atoms with Crippen molar-refractivity contribution in [3.05, 3.63) is 17.7 Å². The van der Waals surface area contributed by atoms with Gasteiger partial charge >= 0.3 is 0 Å². The molecule has 1 unspecified atom stereocenters. The quantitative estimate of drug-likeness (QED) is 0.902. The van der Waals surface area contributed by atoms with Gasteiger partial charge in [-0.15, -0.1) is 5.10 Å². The van der Waals surface area contributed by atoms with Crippen LogP contribution in [0.5, 0.6) is 17.2 Å². The molecule has 2 rings (SSSR count). The summed E-state index contributed by atoms with van der Waals surface area (Å²) in [6, 6.07) is 3.78. The van der Waals surface area contributed by atoms with E-state index in [0.717, 1.165) is 17.7 Å². The first-order valence-corrected chi connectivity index (χ1v) is 6.84. The highest BCUT2D eigenvalue weighted by Gasteiger charge is 2.24. The molecule has 0 radical (unpaired) electrons. The number of rotatable bonds is 5. The Labute approximate surface area is 124 Å². The Morgan fingerprint density at radius 1 is 1.10 bits per heavy atom. The lowest BCUT2D eigenvalue weighted by Gasteiger charge is -2.21. The Kier molecular flexibility index (Phi) is 4.67. The van der Waals surface area contributed by atoms with Crippen LogP contribution in [-0.2, 0) is 0 Å². The molecular formula is C15H21N3O3. The molecule has 0 amide bonds. The van der Waals surface area contributed by atoms with Crippen LogP contribution in [0.2, 0.25) is 0 Å². The molecule has 6 nitrogen and oxygen atoms in total. The number of ether oxygens (including phenoxy) is 3. The summed E-state index contributed by atoms with van der Waals surface area (Å²) < 4.78 is 16.1. The third kappa shape index (κ3) is 2.94. The van der Waals surface area contributed by atoms with Crippen molar-refractivity contribution in [2.45, 2.75) is 19.8 Å². The summed E-state index contributed by atoms with van der Waals surface area (Å²) >= 11 is 0. The SMILES string of the molecule is CCC1CC(N)=NN=C1c1cc(OC)c(OC)c(OC)c1. The summed E-state index contributed by atoms with van der Waals surface area (Å²) in [4.78, 5) is 0. The maximum atomic E-state index is 5.77. The van der Waals surface area contributed by atoms with Gasteiger partial charge in [-0.2, -0.15) is 5.10 Å². The smallest absolute Gasteiger partial charge is 0.203 e. The van der Waals surface area contributed by atoms with Crippen molar-refractivity contribution < 1.29 is 14.2 Å². The molecule has 6 heteroatoms. The van der Waals surface area contributed by atoms with Crippen LogP contribution in [0.1, 0.15) is 25.3 Å². The maximum Gasteiger partial charge on any atom is 0.203 e. The average Bonchev–Trinajstić information content (AvgIpc) is 2.53. The van der Waals surface area contributed by atoms with Crippen LogP contribution in [0, 0.1) is 5.92 Å². The third-order valence-corrected chi connectivity index (χ3v) is 3.58. The van der Waals surface area contributed by atoms with Crippen LogP contribution in [0.3, 0.4) is 0 Å². The predicted molar refractivity (Wildman–Crippen MR) is 82.7 cm³/mol.